The van der Waals surface area contributed by atoms with Gasteiger partial charge >= 0.3 is 0 Å². The van der Waals surface area contributed by atoms with E-state index in [1.165, 1.54) is 0 Å². The van der Waals surface area contributed by atoms with Crippen molar-refractivity contribution in [1.29, 1.82) is 0 Å². The van der Waals surface area contributed by atoms with Gasteiger partial charge in [-0.3, -0.25) is 0 Å². The fourth-order valence-corrected chi connectivity index (χ4v) is 4.28. The van der Waals surface area contributed by atoms with Gasteiger partial charge in [0.1, 0.15) is 0 Å². The van der Waals surface area contributed by atoms with Crippen molar-refractivity contribution in [1.82, 2.24) is 0 Å². The second kappa shape index (κ2) is 5.19. The molecule has 1 N–H and O–H groups in total. The maximum atomic E-state index is 11.6. The lowest BCUT2D eigenvalue weighted by Gasteiger charge is -2.36. The van der Waals surface area contributed by atoms with Crippen molar-refractivity contribution in [2.75, 3.05) is 23.0 Å². The number of benzene rings is 1. The van der Waals surface area contributed by atoms with Crippen LogP contribution in [0.4, 0.5) is 5.69 Å². The van der Waals surface area contributed by atoms with Crippen molar-refractivity contribution in [3.8, 4) is 0 Å². The molecule has 1 aromatic rings. The molecule has 1 aliphatic rings. The lowest BCUT2D eigenvalue weighted by molar-refractivity contribution is 0.282. The largest absolute Gasteiger partial charge is 0.392 e. The van der Waals surface area contributed by atoms with E-state index in [0.29, 0.717) is 6.54 Å². The minimum Gasteiger partial charge on any atom is -0.392 e. The molecule has 1 saturated heterocycles. The molecule has 0 aromatic heterocycles. The Kier molecular flexibility index (Phi) is 3.99. The number of sulfone groups is 1. The van der Waals surface area contributed by atoms with E-state index >= 15 is 0 Å². The highest BCUT2D eigenvalue weighted by Gasteiger charge is 2.29. The Labute approximate surface area is 116 Å². The summed E-state index contributed by atoms with van der Waals surface area (Å²) in [6, 6.07) is 5.63. The van der Waals surface area contributed by atoms with Crippen LogP contribution in [0.25, 0.3) is 0 Å². The molecular weight excluding hydrogens is 318 g/mol. The fraction of sp³-hybridized carbons (Fsp3) is 0.500. The van der Waals surface area contributed by atoms with Crippen LogP contribution in [-0.4, -0.2) is 37.6 Å². The summed E-state index contributed by atoms with van der Waals surface area (Å²) in [6.07, 6.45) is 0. The van der Waals surface area contributed by atoms with Crippen LogP contribution in [0.15, 0.2) is 22.7 Å². The molecule has 1 aromatic carbocycles. The highest BCUT2D eigenvalue weighted by Crippen LogP contribution is 2.28. The maximum Gasteiger partial charge on any atom is 0.154 e. The fourth-order valence-electron chi connectivity index (χ4n) is 2.32. The van der Waals surface area contributed by atoms with Crippen LogP contribution in [0.5, 0.6) is 0 Å². The highest BCUT2D eigenvalue weighted by atomic mass is 79.9. The number of nitrogens with zero attached hydrogens (tertiary/aromatic N) is 1. The molecule has 1 aliphatic heterocycles. The van der Waals surface area contributed by atoms with Crippen molar-refractivity contribution < 1.29 is 13.5 Å². The van der Waals surface area contributed by atoms with Gasteiger partial charge in [0.15, 0.2) is 9.84 Å². The lowest BCUT2D eigenvalue weighted by atomic mass is 10.1. The van der Waals surface area contributed by atoms with Crippen molar-refractivity contribution in [2.45, 2.75) is 19.6 Å². The normalized spacial score (nSPS) is 23.1. The minimum absolute atomic E-state index is 0.0508. The smallest absolute Gasteiger partial charge is 0.154 e. The standard InChI is InChI=1S/C12H16BrNO3S/c1-9-8-18(16,17)5-4-14(9)12-3-2-11(13)6-10(12)7-15/h2-3,6,9,15H,4-5,7-8H2,1H3. The number of aliphatic hydroxyl groups excluding tert-OH is 1. The highest BCUT2D eigenvalue weighted by molar-refractivity contribution is 9.10. The monoisotopic (exact) mass is 333 g/mol. The van der Waals surface area contributed by atoms with Crippen LogP contribution in [0.1, 0.15) is 12.5 Å². The van der Waals surface area contributed by atoms with Gasteiger partial charge in [0.25, 0.3) is 0 Å². The van der Waals surface area contributed by atoms with Gasteiger partial charge in [0.05, 0.1) is 18.1 Å². The zero-order valence-electron chi connectivity index (χ0n) is 10.1. The molecule has 0 amide bonds. The second-order valence-electron chi connectivity index (χ2n) is 4.59. The van der Waals surface area contributed by atoms with Crippen LogP contribution in [0.3, 0.4) is 0 Å². The van der Waals surface area contributed by atoms with E-state index in [1.807, 2.05) is 25.1 Å². The summed E-state index contributed by atoms with van der Waals surface area (Å²) < 4.78 is 24.0. The summed E-state index contributed by atoms with van der Waals surface area (Å²) in [7, 11) is -2.91. The van der Waals surface area contributed by atoms with E-state index in [-0.39, 0.29) is 24.2 Å². The Hall–Kier alpha value is -0.590. The zero-order valence-corrected chi connectivity index (χ0v) is 12.5. The first-order valence-electron chi connectivity index (χ1n) is 5.79. The third kappa shape index (κ3) is 2.87. The van der Waals surface area contributed by atoms with Gasteiger partial charge in [0.2, 0.25) is 0 Å². The topological polar surface area (TPSA) is 57.6 Å². The molecule has 4 nitrogen and oxygen atoms in total. The Bertz CT molecular complexity index is 544. The van der Waals surface area contributed by atoms with Gasteiger partial charge in [-0.1, -0.05) is 15.9 Å². The van der Waals surface area contributed by atoms with E-state index in [0.717, 1.165) is 15.7 Å². The maximum absolute atomic E-state index is 11.6. The average molecular weight is 334 g/mol. The first-order chi connectivity index (χ1) is 8.43. The van der Waals surface area contributed by atoms with Crippen molar-refractivity contribution in [2.24, 2.45) is 0 Å². The van der Waals surface area contributed by atoms with Gasteiger partial charge in [-0.25, -0.2) is 8.42 Å². The Morgan fingerprint density at radius 1 is 1.50 bits per heavy atom. The SMILES string of the molecule is CC1CS(=O)(=O)CCN1c1ccc(Br)cc1CO. The van der Waals surface area contributed by atoms with Gasteiger partial charge in [-0.05, 0) is 25.1 Å². The Morgan fingerprint density at radius 3 is 2.83 bits per heavy atom. The molecule has 0 bridgehead atoms. The van der Waals surface area contributed by atoms with Gasteiger partial charge < -0.3 is 10.0 Å². The second-order valence-corrected chi connectivity index (χ2v) is 7.73. The molecular formula is C12H16BrNO3S. The van der Waals surface area contributed by atoms with Gasteiger partial charge in [-0.15, -0.1) is 0 Å². The summed E-state index contributed by atoms with van der Waals surface area (Å²) in [5.74, 6) is 0.353. The molecule has 2 rings (SSSR count). The molecule has 0 spiro atoms. The quantitative estimate of drug-likeness (QED) is 0.892. The third-order valence-corrected chi connectivity index (χ3v) is 5.48. The summed E-state index contributed by atoms with van der Waals surface area (Å²) in [5, 5.41) is 9.40. The van der Waals surface area contributed by atoms with Crippen LogP contribution < -0.4 is 4.90 Å². The van der Waals surface area contributed by atoms with Crippen LogP contribution in [0.2, 0.25) is 0 Å². The molecule has 100 valence electrons. The van der Waals surface area contributed by atoms with E-state index in [1.54, 1.807) is 0 Å². The van der Waals surface area contributed by atoms with Crippen LogP contribution >= 0.6 is 15.9 Å². The zero-order chi connectivity index (χ0) is 13.3. The molecule has 0 aliphatic carbocycles. The minimum atomic E-state index is -2.91. The Morgan fingerprint density at radius 2 is 2.22 bits per heavy atom. The molecule has 1 atom stereocenters. The molecule has 0 saturated carbocycles. The first kappa shape index (κ1) is 13.8. The Balaban J connectivity index is 2.32. The third-order valence-electron chi connectivity index (χ3n) is 3.19. The van der Waals surface area contributed by atoms with Crippen molar-refractivity contribution in [3.63, 3.8) is 0 Å². The van der Waals surface area contributed by atoms with Gasteiger partial charge in [-0.2, -0.15) is 0 Å². The first-order valence-corrected chi connectivity index (χ1v) is 8.41. The molecule has 6 heteroatoms. The van der Waals surface area contributed by atoms with Crippen LogP contribution in [-0.2, 0) is 16.4 Å². The average Bonchev–Trinajstić information content (AvgIpc) is 2.29. The number of hydrogen-bond acceptors (Lipinski definition) is 4. The van der Waals surface area contributed by atoms with E-state index in [2.05, 4.69) is 20.8 Å². The summed E-state index contributed by atoms with van der Waals surface area (Å²) >= 11 is 3.37. The molecule has 0 radical (unpaired) electrons. The predicted octanol–water partition coefficient (Wildman–Crippen LogP) is 1.56. The number of aliphatic hydroxyl groups is 1. The van der Waals surface area contributed by atoms with E-state index in [4.69, 9.17) is 0 Å². The molecule has 1 fully saturated rings. The summed E-state index contributed by atoms with van der Waals surface area (Å²) in [5.41, 5.74) is 1.73. The molecule has 1 heterocycles. The number of anilines is 1. The van der Waals surface area contributed by atoms with E-state index in [9.17, 15) is 13.5 Å². The predicted molar refractivity (Wildman–Crippen MR) is 75.5 cm³/mol. The molecule has 18 heavy (non-hydrogen) atoms. The summed E-state index contributed by atoms with van der Waals surface area (Å²) in [6.45, 7) is 2.34. The lowest BCUT2D eigenvalue weighted by Crippen LogP contribution is -2.47. The van der Waals surface area contributed by atoms with Gasteiger partial charge in [0, 0.05) is 28.3 Å². The van der Waals surface area contributed by atoms with Crippen molar-refractivity contribution >= 4 is 31.5 Å². The number of hydrogen-bond donors (Lipinski definition) is 1. The number of rotatable bonds is 2. The van der Waals surface area contributed by atoms with E-state index < -0.39 is 9.84 Å². The van der Waals surface area contributed by atoms with Crippen molar-refractivity contribution in [3.05, 3.63) is 28.2 Å². The number of halogens is 1. The summed E-state index contributed by atoms with van der Waals surface area (Å²) in [4.78, 5) is 2.05. The van der Waals surface area contributed by atoms with Crippen LogP contribution in [0, 0.1) is 0 Å². The molecule has 1 unspecified atom stereocenters.